The number of nitrogens with one attached hydrogen (secondary N) is 1. The number of carbonyl (C=O) groups is 1. The first-order valence-electron chi connectivity index (χ1n) is 5.08. The van der Waals surface area contributed by atoms with Gasteiger partial charge in [-0.3, -0.25) is 4.79 Å². The van der Waals surface area contributed by atoms with Gasteiger partial charge in [0.1, 0.15) is 0 Å². The van der Waals surface area contributed by atoms with Crippen LogP contribution in [0.3, 0.4) is 0 Å². The highest BCUT2D eigenvalue weighted by atomic mass is 16.5. The van der Waals surface area contributed by atoms with Crippen molar-refractivity contribution >= 4 is 5.97 Å². The van der Waals surface area contributed by atoms with Gasteiger partial charge in [0, 0.05) is 12.6 Å². The lowest BCUT2D eigenvalue weighted by Crippen LogP contribution is -2.32. The van der Waals surface area contributed by atoms with E-state index in [0.717, 1.165) is 18.9 Å². The summed E-state index contributed by atoms with van der Waals surface area (Å²) in [6.07, 6.45) is 4.35. The standard InChI is InChI=1S/C10H19NO2/c1-3-9(8-4-5-8)11-7-6-10(12)13-2/h8-9,11H,3-7H2,1-2H3. The van der Waals surface area contributed by atoms with E-state index in [2.05, 4.69) is 17.0 Å². The summed E-state index contributed by atoms with van der Waals surface area (Å²) in [6, 6.07) is 0.615. The second-order valence-corrected chi connectivity index (χ2v) is 3.63. The average Bonchev–Trinajstić information content (AvgIpc) is 2.95. The van der Waals surface area contributed by atoms with E-state index in [4.69, 9.17) is 0 Å². The monoisotopic (exact) mass is 185 g/mol. The summed E-state index contributed by atoms with van der Waals surface area (Å²) in [6.45, 7) is 2.94. The van der Waals surface area contributed by atoms with E-state index in [-0.39, 0.29) is 5.97 Å². The van der Waals surface area contributed by atoms with Crippen molar-refractivity contribution in [2.45, 2.75) is 38.6 Å². The number of carbonyl (C=O) groups excluding carboxylic acids is 1. The van der Waals surface area contributed by atoms with Gasteiger partial charge in [0.25, 0.3) is 0 Å². The highest BCUT2D eigenvalue weighted by Gasteiger charge is 2.29. The Kier molecular flexibility index (Phi) is 4.22. The molecule has 0 aliphatic heterocycles. The molecule has 1 N–H and O–H groups in total. The highest BCUT2D eigenvalue weighted by molar-refractivity contribution is 5.69. The first-order valence-corrected chi connectivity index (χ1v) is 5.08. The number of ether oxygens (including phenoxy) is 1. The molecule has 0 aromatic carbocycles. The Morgan fingerprint density at radius 1 is 1.62 bits per heavy atom. The van der Waals surface area contributed by atoms with Gasteiger partial charge in [-0.25, -0.2) is 0 Å². The average molecular weight is 185 g/mol. The van der Waals surface area contributed by atoms with Crippen molar-refractivity contribution in [3.63, 3.8) is 0 Å². The summed E-state index contributed by atoms with van der Waals surface area (Å²) in [5.41, 5.74) is 0. The van der Waals surface area contributed by atoms with Crippen LogP contribution >= 0.6 is 0 Å². The van der Waals surface area contributed by atoms with Gasteiger partial charge in [-0.1, -0.05) is 6.92 Å². The largest absolute Gasteiger partial charge is 0.469 e. The van der Waals surface area contributed by atoms with E-state index in [9.17, 15) is 4.79 Å². The minimum atomic E-state index is -0.127. The topological polar surface area (TPSA) is 38.3 Å². The van der Waals surface area contributed by atoms with Crippen molar-refractivity contribution in [2.75, 3.05) is 13.7 Å². The van der Waals surface area contributed by atoms with Crippen molar-refractivity contribution in [1.29, 1.82) is 0 Å². The zero-order valence-corrected chi connectivity index (χ0v) is 8.51. The third-order valence-electron chi connectivity index (χ3n) is 2.59. The van der Waals surface area contributed by atoms with Crippen LogP contribution in [0.4, 0.5) is 0 Å². The SMILES string of the molecule is CCC(NCCC(=O)OC)C1CC1. The molecule has 0 aromatic rings. The third kappa shape index (κ3) is 3.77. The van der Waals surface area contributed by atoms with E-state index in [1.807, 2.05) is 0 Å². The summed E-state index contributed by atoms with van der Waals surface area (Å²) in [5, 5.41) is 3.40. The number of esters is 1. The lowest BCUT2D eigenvalue weighted by molar-refractivity contribution is -0.140. The maximum absolute atomic E-state index is 10.8. The van der Waals surface area contributed by atoms with Gasteiger partial charge in [0.2, 0.25) is 0 Å². The molecule has 1 aliphatic carbocycles. The summed E-state index contributed by atoms with van der Waals surface area (Å²) in [4.78, 5) is 10.8. The summed E-state index contributed by atoms with van der Waals surface area (Å²) in [5.74, 6) is 0.737. The van der Waals surface area contributed by atoms with Crippen LogP contribution in [0.15, 0.2) is 0 Å². The van der Waals surface area contributed by atoms with E-state index in [0.29, 0.717) is 12.5 Å². The zero-order chi connectivity index (χ0) is 9.68. The highest BCUT2D eigenvalue weighted by Crippen LogP contribution is 2.33. The fraction of sp³-hybridized carbons (Fsp3) is 0.900. The normalized spacial score (nSPS) is 18.3. The predicted octanol–water partition coefficient (Wildman–Crippen LogP) is 1.33. The Balaban J connectivity index is 2.05. The van der Waals surface area contributed by atoms with Crippen molar-refractivity contribution in [3.8, 4) is 0 Å². The Hall–Kier alpha value is -0.570. The second kappa shape index (κ2) is 5.22. The number of hydrogen-bond acceptors (Lipinski definition) is 3. The fourth-order valence-corrected chi connectivity index (χ4v) is 1.60. The van der Waals surface area contributed by atoms with Gasteiger partial charge in [0.15, 0.2) is 0 Å². The van der Waals surface area contributed by atoms with Crippen LogP contribution in [0.1, 0.15) is 32.6 Å². The molecule has 0 amide bonds. The molecule has 0 bridgehead atoms. The lowest BCUT2D eigenvalue weighted by Gasteiger charge is -2.15. The molecule has 1 atom stereocenters. The maximum Gasteiger partial charge on any atom is 0.306 e. The molecule has 3 nitrogen and oxygen atoms in total. The van der Waals surface area contributed by atoms with E-state index in [1.54, 1.807) is 0 Å². The molecule has 3 heteroatoms. The Morgan fingerprint density at radius 3 is 2.77 bits per heavy atom. The third-order valence-corrected chi connectivity index (χ3v) is 2.59. The van der Waals surface area contributed by atoms with Gasteiger partial charge in [-0.2, -0.15) is 0 Å². The van der Waals surface area contributed by atoms with Gasteiger partial charge in [-0.15, -0.1) is 0 Å². The zero-order valence-electron chi connectivity index (χ0n) is 8.51. The number of hydrogen-bond donors (Lipinski definition) is 1. The summed E-state index contributed by atoms with van der Waals surface area (Å²) >= 11 is 0. The molecule has 0 aromatic heterocycles. The quantitative estimate of drug-likeness (QED) is 0.634. The van der Waals surface area contributed by atoms with Gasteiger partial charge in [0.05, 0.1) is 13.5 Å². The predicted molar refractivity (Wildman–Crippen MR) is 51.4 cm³/mol. The molecular formula is C10H19NO2. The van der Waals surface area contributed by atoms with Crippen LogP contribution in [0, 0.1) is 5.92 Å². The van der Waals surface area contributed by atoms with E-state index >= 15 is 0 Å². The van der Waals surface area contributed by atoms with Crippen LogP contribution in [0.5, 0.6) is 0 Å². The van der Waals surface area contributed by atoms with Crippen LogP contribution in [-0.2, 0) is 9.53 Å². The van der Waals surface area contributed by atoms with Crippen molar-refractivity contribution in [1.82, 2.24) is 5.32 Å². The number of methoxy groups -OCH3 is 1. The molecule has 1 saturated carbocycles. The molecule has 1 unspecified atom stereocenters. The first-order chi connectivity index (χ1) is 6.27. The molecule has 0 radical (unpaired) electrons. The number of rotatable bonds is 6. The second-order valence-electron chi connectivity index (χ2n) is 3.63. The molecule has 1 fully saturated rings. The lowest BCUT2D eigenvalue weighted by atomic mass is 10.1. The first kappa shape index (κ1) is 10.5. The van der Waals surface area contributed by atoms with Crippen LogP contribution in [0.25, 0.3) is 0 Å². The molecule has 0 saturated heterocycles. The Labute approximate surface area is 79.8 Å². The minimum absolute atomic E-state index is 0.127. The molecule has 0 heterocycles. The smallest absolute Gasteiger partial charge is 0.306 e. The van der Waals surface area contributed by atoms with Gasteiger partial charge in [-0.05, 0) is 25.2 Å². The Bertz CT molecular complexity index is 166. The molecular weight excluding hydrogens is 166 g/mol. The minimum Gasteiger partial charge on any atom is -0.469 e. The van der Waals surface area contributed by atoms with Gasteiger partial charge < -0.3 is 10.1 Å². The van der Waals surface area contributed by atoms with Gasteiger partial charge >= 0.3 is 5.97 Å². The molecule has 0 spiro atoms. The Morgan fingerprint density at radius 2 is 2.31 bits per heavy atom. The van der Waals surface area contributed by atoms with Crippen molar-refractivity contribution in [3.05, 3.63) is 0 Å². The summed E-state index contributed by atoms with van der Waals surface area (Å²) < 4.78 is 4.56. The van der Waals surface area contributed by atoms with E-state index < -0.39 is 0 Å². The van der Waals surface area contributed by atoms with Crippen molar-refractivity contribution < 1.29 is 9.53 Å². The van der Waals surface area contributed by atoms with Crippen molar-refractivity contribution in [2.24, 2.45) is 5.92 Å². The van der Waals surface area contributed by atoms with E-state index in [1.165, 1.54) is 20.0 Å². The molecule has 76 valence electrons. The molecule has 1 aliphatic rings. The summed E-state index contributed by atoms with van der Waals surface area (Å²) in [7, 11) is 1.43. The fourth-order valence-electron chi connectivity index (χ4n) is 1.60. The molecule has 13 heavy (non-hydrogen) atoms. The van der Waals surface area contributed by atoms with Crippen LogP contribution in [-0.4, -0.2) is 25.7 Å². The van der Waals surface area contributed by atoms with Crippen LogP contribution < -0.4 is 5.32 Å². The molecule has 1 rings (SSSR count). The van der Waals surface area contributed by atoms with Crippen LogP contribution in [0.2, 0.25) is 0 Å². The maximum atomic E-state index is 10.8.